The minimum atomic E-state index is -1.97. The predicted octanol–water partition coefficient (Wildman–Crippen LogP) is 3.90. The van der Waals surface area contributed by atoms with Gasteiger partial charge in [-0.2, -0.15) is 5.10 Å². The Morgan fingerprint density at radius 2 is 2.00 bits per heavy atom. The van der Waals surface area contributed by atoms with Gasteiger partial charge >= 0.3 is 6.09 Å². The molecule has 0 aromatic heterocycles. The molecule has 1 fully saturated rings. The molecule has 1 heterocycles. The van der Waals surface area contributed by atoms with Gasteiger partial charge in [0.1, 0.15) is 6.61 Å². The number of hydrogen-bond acceptors (Lipinski definition) is 7. The number of nitrogens with one attached hydrogen (secondary N) is 1. The SMILES string of the molecule is CNN=C[C@@H]1C[C@@H](O[Si](C)(C)C(C)(C)C)CN1C(=O)OCc1ccc([N+](=O)[O-])cc1. The van der Waals surface area contributed by atoms with Crippen LogP contribution in [0.15, 0.2) is 29.4 Å². The van der Waals surface area contributed by atoms with Crippen LogP contribution in [0.5, 0.6) is 0 Å². The van der Waals surface area contributed by atoms with Gasteiger partial charge in [0.25, 0.3) is 5.69 Å². The molecule has 1 aromatic carbocycles. The number of rotatable bonds is 7. The van der Waals surface area contributed by atoms with Crippen molar-refractivity contribution < 1.29 is 18.9 Å². The number of amides is 1. The summed E-state index contributed by atoms with van der Waals surface area (Å²) in [4.78, 5) is 24.7. The van der Waals surface area contributed by atoms with Crippen molar-refractivity contribution in [3.05, 3.63) is 39.9 Å². The fraction of sp³-hybridized carbons (Fsp3) is 0.600. The minimum absolute atomic E-state index is 0.00131. The summed E-state index contributed by atoms with van der Waals surface area (Å²) in [6, 6.07) is 5.73. The lowest BCUT2D eigenvalue weighted by atomic mass is 10.2. The zero-order valence-corrected chi connectivity index (χ0v) is 19.5. The number of benzene rings is 1. The molecular weight excluding hydrogens is 404 g/mol. The molecule has 0 spiro atoms. The molecule has 166 valence electrons. The molecular formula is C20H32N4O5Si. The molecule has 1 N–H and O–H groups in total. The summed E-state index contributed by atoms with van der Waals surface area (Å²) >= 11 is 0. The van der Waals surface area contributed by atoms with Crippen LogP contribution in [-0.2, 0) is 15.8 Å². The van der Waals surface area contributed by atoms with E-state index >= 15 is 0 Å². The number of ether oxygens (including phenoxy) is 1. The van der Waals surface area contributed by atoms with Crippen molar-refractivity contribution in [1.82, 2.24) is 10.3 Å². The van der Waals surface area contributed by atoms with Crippen molar-refractivity contribution in [2.75, 3.05) is 13.6 Å². The van der Waals surface area contributed by atoms with Crippen LogP contribution in [-0.4, -0.2) is 56.2 Å². The first kappa shape index (κ1) is 23.8. The number of nitrogens with zero attached hydrogens (tertiary/aromatic N) is 3. The Morgan fingerprint density at radius 1 is 1.37 bits per heavy atom. The Hall–Kier alpha value is -2.46. The summed E-state index contributed by atoms with van der Waals surface area (Å²) in [7, 11) is -0.274. The van der Waals surface area contributed by atoms with Crippen LogP contribution in [0.25, 0.3) is 0 Å². The molecule has 1 aliphatic heterocycles. The van der Waals surface area contributed by atoms with Crippen LogP contribution in [0, 0.1) is 10.1 Å². The monoisotopic (exact) mass is 436 g/mol. The molecule has 0 bridgehead atoms. The van der Waals surface area contributed by atoms with Gasteiger partial charge in [-0.1, -0.05) is 20.8 Å². The third kappa shape index (κ3) is 6.02. The summed E-state index contributed by atoms with van der Waals surface area (Å²) < 4.78 is 12.0. The molecule has 0 saturated carbocycles. The fourth-order valence-electron chi connectivity index (χ4n) is 2.96. The van der Waals surface area contributed by atoms with Crippen molar-refractivity contribution in [3.8, 4) is 0 Å². The van der Waals surface area contributed by atoms with E-state index in [4.69, 9.17) is 9.16 Å². The van der Waals surface area contributed by atoms with Gasteiger partial charge in [-0.3, -0.25) is 15.0 Å². The summed E-state index contributed by atoms with van der Waals surface area (Å²) in [6.45, 7) is 11.4. The lowest BCUT2D eigenvalue weighted by molar-refractivity contribution is -0.384. The molecule has 1 aliphatic rings. The molecule has 9 nitrogen and oxygen atoms in total. The van der Waals surface area contributed by atoms with Crippen LogP contribution in [0.4, 0.5) is 10.5 Å². The molecule has 1 saturated heterocycles. The lowest BCUT2D eigenvalue weighted by Gasteiger charge is -2.38. The van der Waals surface area contributed by atoms with Gasteiger partial charge in [-0.05, 0) is 42.2 Å². The van der Waals surface area contributed by atoms with E-state index < -0.39 is 19.3 Å². The number of non-ortho nitro benzene ring substituents is 1. The van der Waals surface area contributed by atoms with E-state index in [9.17, 15) is 14.9 Å². The van der Waals surface area contributed by atoms with Gasteiger partial charge < -0.3 is 14.6 Å². The Morgan fingerprint density at radius 3 is 2.53 bits per heavy atom. The number of hydrogen-bond donors (Lipinski definition) is 1. The maximum Gasteiger partial charge on any atom is 0.410 e. The second kappa shape index (κ2) is 9.56. The first-order chi connectivity index (χ1) is 13.9. The van der Waals surface area contributed by atoms with E-state index in [0.717, 1.165) is 0 Å². The third-order valence-corrected chi connectivity index (χ3v) is 10.2. The van der Waals surface area contributed by atoms with Crippen molar-refractivity contribution in [1.29, 1.82) is 0 Å². The van der Waals surface area contributed by atoms with Gasteiger partial charge in [0, 0.05) is 31.9 Å². The highest BCUT2D eigenvalue weighted by Gasteiger charge is 2.43. The summed E-state index contributed by atoms with van der Waals surface area (Å²) in [5, 5.41) is 14.9. The number of nitro groups is 1. The summed E-state index contributed by atoms with van der Waals surface area (Å²) in [5.41, 5.74) is 3.40. The van der Waals surface area contributed by atoms with E-state index in [1.54, 1.807) is 30.3 Å². The Kier molecular flexibility index (Phi) is 7.59. The molecule has 0 aliphatic carbocycles. The van der Waals surface area contributed by atoms with Crippen LogP contribution in [0.1, 0.15) is 32.8 Å². The summed E-state index contributed by atoms with van der Waals surface area (Å²) in [5.74, 6) is 0. The average molecular weight is 437 g/mol. The molecule has 10 heteroatoms. The maximum absolute atomic E-state index is 12.7. The van der Waals surface area contributed by atoms with Gasteiger partial charge in [-0.15, -0.1) is 0 Å². The van der Waals surface area contributed by atoms with E-state index in [1.807, 2.05) is 0 Å². The standard InChI is InChI=1S/C20H32N4O5Si/c1-20(2,3)30(5,6)29-18-11-17(12-22-21-4)23(13-18)19(25)28-14-15-7-9-16(10-8-15)24(26)27/h7-10,12,17-18,21H,11,13-14H2,1-6H3/t17-,18+/m0/s1. The van der Waals surface area contributed by atoms with E-state index in [2.05, 4.69) is 44.4 Å². The predicted molar refractivity (Wildman–Crippen MR) is 118 cm³/mol. The van der Waals surface area contributed by atoms with Crippen LogP contribution >= 0.6 is 0 Å². The Labute approximate surface area is 178 Å². The zero-order valence-electron chi connectivity index (χ0n) is 18.5. The molecule has 2 atom stereocenters. The third-order valence-electron chi connectivity index (χ3n) is 5.69. The Balaban J connectivity index is 2.03. The van der Waals surface area contributed by atoms with E-state index in [0.29, 0.717) is 18.5 Å². The molecule has 2 rings (SSSR count). The first-order valence-electron chi connectivity index (χ1n) is 9.99. The quantitative estimate of drug-likeness (QED) is 0.301. The number of carbonyl (C=O) groups is 1. The average Bonchev–Trinajstić information content (AvgIpc) is 3.05. The number of nitro benzene ring substituents is 1. The van der Waals surface area contributed by atoms with Gasteiger partial charge in [0.05, 0.1) is 17.1 Å². The molecule has 0 radical (unpaired) electrons. The van der Waals surface area contributed by atoms with Crippen molar-refractivity contribution >= 4 is 26.3 Å². The largest absolute Gasteiger partial charge is 0.445 e. The fourth-order valence-corrected chi connectivity index (χ4v) is 4.32. The number of likely N-dealkylation sites (tertiary alicyclic amines) is 1. The normalized spacial score (nSPS) is 19.9. The summed E-state index contributed by atoms with van der Waals surface area (Å²) in [6.07, 6.45) is 1.82. The van der Waals surface area contributed by atoms with E-state index in [1.165, 1.54) is 12.1 Å². The topological polar surface area (TPSA) is 106 Å². The van der Waals surface area contributed by atoms with Crippen LogP contribution < -0.4 is 5.43 Å². The van der Waals surface area contributed by atoms with Crippen LogP contribution in [0.2, 0.25) is 18.1 Å². The molecule has 30 heavy (non-hydrogen) atoms. The first-order valence-corrected chi connectivity index (χ1v) is 12.9. The van der Waals surface area contributed by atoms with Gasteiger partial charge in [0.2, 0.25) is 0 Å². The highest BCUT2D eigenvalue weighted by Crippen LogP contribution is 2.38. The minimum Gasteiger partial charge on any atom is -0.445 e. The zero-order chi connectivity index (χ0) is 22.5. The van der Waals surface area contributed by atoms with Gasteiger partial charge in [-0.25, -0.2) is 4.79 Å². The van der Waals surface area contributed by atoms with E-state index in [-0.39, 0.29) is 29.5 Å². The Bertz CT molecular complexity index is 776. The highest BCUT2D eigenvalue weighted by atomic mass is 28.4. The second-order valence-corrected chi connectivity index (χ2v) is 13.7. The molecule has 1 aromatic rings. The second-order valence-electron chi connectivity index (χ2n) is 8.94. The van der Waals surface area contributed by atoms with Crippen molar-refractivity contribution in [2.24, 2.45) is 5.10 Å². The van der Waals surface area contributed by atoms with Crippen LogP contribution in [0.3, 0.4) is 0 Å². The maximum atomic E-state index is 12.7. The van der Waals surface area contributed by atoms with Gasteiger partial charge in [0.15, 0.2) is 8.32 Å². The van der Waals surface area contributed by atoms with Crippen molar-refractivity contribution in [3.63, 3.8) is 0 Å². The molecule has 1 amide bonds. The van der Waals surface area contributed by atoms with Crippen molar-refractivity contribution in [2.45, 2.75) is 64.1 Å². The number of hydrazone groups is 1. The molecule has 0 unspecified atom stereocenters. The number of carbonyl (C=O) groups excluding carboxylic acids is 1. The highest BCUT2D eigenvalue weighted by molar-refractivity contribution is 6.74. The lowest BCUT2D eigenvalue weighted by Crippen LogP contribution is -2.44. The smallest absolute Gasteiger partial charge is 0.410 e.